The quantitative estimate of drug-likeness (QED) is 0.435. The molecule has 1 aliphatic carbocycles. The summed E-state index contributed by atoms with van der Waals surface area (Å²) in [6, 6.07) is 5.90. The Morgan fingerprint density at radius 3 is 3.00 bits per heavy atom. The lowest BCUT2D eigenvalue weighted by atomic mass is 10.0. The number of nitrogens with two attached hydrogens (primary N) is 1. The van der Waals surface area contributed by atoms with E-state index in [4.69, 9.17) is 5.73 Å². The molecule has 0 unspecified atom stereocenters. The van der Waals surface area contributed by atoms with Crippen LogP contribution >= 0.6 is 0 Å². The van der Waals surface area contributed by atoms with Gasteiger partial charge in [-0.3, -0.25) is 0 Å². The molecule has 0 saturated carbocycles. The molecule has 2 rings (SSSR count). The molecule has 52 valence electrons. The van der Waals surface area contributed by atoms with E-state index in [0.29, 0.717) is 0 Å². The van der Waals surface area contributed by atoms with Crippen molar-refractivity contribution >= 4 is 17.8 Å². The average molecular weight is 142 g/mol. The molecule has 0 heterocycles. The zero-order valence-corrected chi connectivity index (χ0v) is 6.04. The van der Waals surface area contributed by atoms with Gasteiger partial charge in [0.15, 0.2) is 0 Å². The molecule has 11 heavy (non-hydrogen) atoms. The summed E-state index contributed by atoms with van der Waals surface area (Å²) in [6.45, 7) is 0. The molecular formula is C10H8N+. The molecule has 0 spiro atoms. The maximum Gasteiger partial charge on any atom is 0.116 e. The Balaban J connectivity index is 2.70. The van der Waals surface area contributed by atoms with Gasteiger partial charge in [0.1, 0.15) is 17.7 Å². The number of nitrogen functional groups attached to an aromatic ring is 1. The van der Waals surface area contributed by atoms with Gasteiger partial charge < -0.3 is 5.73 Å². The van der Waals surface area contributed by atoms with Crippen molar-refractivity contribution in [2.45, 2.75) is 0 Å². The van der Waals surface area contributed by atoms with Gasteiger partial charge in [-0.1, -0.05) is 6.07 Å². The van der Waals surface area contributed by atoms with E-state index in [9.17, 15) is 0 Å². The number of benzene rings is 1. The highest BCUT2D eigenvalue weighted by atomic mass is 14.6. The van der Waals surface area contributed by atoms with Crippen molar-refractivity contribution < 1.29 is 0 Å². The summed E-state index contributed by atoms with van der Waals surface area (Å²) < 4.78 is 0. The Labute approximate surface area is 65.8 Å². The first-order chi connectivity index (χ1) is 5.38. The van der Waals surface area contributed by atoms with Gasteiger partial charge in [0.2, 0.25) is 0 Å². The van der Waals surface area contributed by atoms with Gasteiger partial charge in [-0.15, -0.1) is 0 Å². The van der Waals surface area contributed by atoms with E-state index in [1.807, 2.05) is 36.4 Å². The van der Waals surface area contributed by atoms with E-state index in [0.717, 1.165) is 11.3 Å². The summed E-state index contributed by atoms with van der Waals surface area (Å²) in [5.74, 6) is 0. The van der Waals surface area contributed by atoms with Gasteiger partial charge >= 0.3 is 0 Å². The molecule has 1 aromatic carbocycles. The van der Waals surface area contributed by atoms with E-state index in [2.05, 4.69) is 6.08 Å². The highest BCUT2D eigenvalue weighted by Gasteiger charge is 2.10. The maximum atomic E-state index is 5.74. The van der Waals surface area contributed by atoms with Crippen LogP contribution in [-0.2, 0) is 0 Å². The van der Waals surface area contributed by atoms with Crippen molar-refractivity contribution in [1.82, 2.24) is 0 Å². The lowest BCUT2D eigenvalue weighted by molar-refractivity contribution is 1.58. The molecule has 0 saturated heterocycles. The fraction of sp³-hybridized carbons (Fsp3) is 0. The predicted octanol–water partition coefficient (Wildman–Crippen LogP) is 2.11. The molecular weight excluding hydrogens is 134 g/mol. The zero-order chi connectivity index (χ0) is 7.68. The van der Waals surface area contributed by atoms with Crippen LogP contribution in [0.3, 0.4) is 0 Å². The molecule has 2 N–H and O–H groups in total. The summed E-state index contributed by atoms with van der Waals surface area (Å²) >= 11 is 0. The number of allylic oxidation sites excluding steroid dienone is 2. The average Bonchev–Trinajstić information content (AvgIpc) is 2.06. The van der Waals surface area contributed by atoms with Gasteiger partial charge in [-0.05, 0) is 12.1 Å². The van der Waals surface area contributed by atoms with Crippen LogP contribution in [0.25, 0.3) is 12.2 Å². The van der Waals surface area contributed by atoms with Crippen LogP contribution in [0.2, 0.25) is 0 Å². The second-order valence-corrected chi connectivity index (χ2v) is 2.49. The van der Waals surface area contributed by atoms with Crippen LogP contribution in [0, 0.1) is 6.08 Å². The number of rotatable bonds is 0. The second kappa shape index (κ2) is 2.22. The number of fused-ring (bicyclic) bond motifs is 1. The van der Waals surface area contributed by atoms with E-state index in [1.165, 1.54) is 5.56 Å². The monoisotopic (exact) mass is 142 g/mol. The third-order valence-electron chi connectivity index (χ3n) is 1.76. The molecule has 1 heteroatoms. The normalized spacial score (nSPS) is 12.4. The van der Waals surface area contributed by atoms with Gasteiger partial charge in [0.05, 0.1) is 17.3 Å². The summed E-state index contributed by atoms with van der Waals surface area (Å²) in [5, 5.41) is 0. The molecule has 0 bridgehead atoms. The van der Waals surface area contributed by atoms with Gasteiger partial charge in [-0.2, -0.15) is 0 Å². The van der Waals surface area contributed by atoms with Crippen molar-refractivity contribution in [3.63, 3.8) is 0 Å². The summed E-state index contributed by atoms with van der Waals surface area (Å²) in [4.78, 5) is 0. The predicted molar refractivity (Wildman–Crippen MR) is 47.6 cm³/mol. The minimum absolute atomic E-state index is 0.819. The first-order valence-corrected chi connectivity index (χ1v) is 3.52. The molecule has 0 atom stereocenters. The minimum Gasteiger partial charge on any atom is -0.387 e. The van der Waals surface area contributed by atoms with E-state index >= 15 is 0 Å². The van der Waals surface area contributed by atoms with Crippen molar-refractivity contribution in [3.05, 3.63) is 41.5 Å². The lowest BCUT2D eigenvalue weighted by Gasteiger charge is -1.97. The van der Waals surface area contributed by atoms with Crippen LogP contribution < -0.4 is 5.73 Å². The van der Waals surface area contributed by atoms with E-state index < -0.39 is 0 Å². The summed E-state index contributed by atoms with van der Waals surface area (Å²) in [7, 11) is 0. The van der Waals surface area contributed by atoms with Gasteiger partial charge in [0.25, 0.3) is 0 Å². The molecule has 0 fully saturated rings. The van der Waals surface area contributed by atoms with Crippen molar-refractivity contribution in [1.29, 1.82) is 0 Å². The Bertz CT molecular complexity index is 335. The largest absolute Gasteiger partial charge is 0.387 e. The first kappa shape index (κ1) is 6.14. The van der Waals surface area contributed by atoms with Crippen LogP contribution in [0.5, 0.6) is 0 Å². The number of anilines is 1. The molecule has 0 radical (unpaired) electrons. The molecule has 0 aliphatic heterocycles. The highest BCUT2D eigenvalue weighted by Crippen LogP contribution is 2.22. The maximum absolute atomic E-state index is 5.74. The van der Waals surface area contributed by atoms with Crippen molar-refractivity contribution in [2.24, 2.45) is 0 Å². The topological polar surface area (TPSA) is 26.0 Å². The van der Waals surface area contributed by atoms with Gasteiger partial charge in [-0.25, -0.2) is 0 Å². The molecule has 1 nitrogen and oxygen atoms in total. The Morgan fingerprint density at radius 2 is 2.18 bits per heavy atom. The number of hydrogen-bond acceptors (Lipinski definition) is 1. The van der Waals surface area contributed by atoms with E-state index in [-0.39, 0.29) is 0 Å². The minimum atomic E-state index is 0.819. The SMILES string of the molecule is Nc1cccc2c1C=[C+]C=C2. The van der Waals surface area contributed by atoms with E-state index in [1.54, 1.807) is 0 Å². The zero-order valence-electron chi connectivity index (χ0n) is 6.04. The standard InChI is InChI=1S/C10H8N/c11-10-7-3-5-8-4-1-2-6-9(8)10/h1,3-7H,11H2/q+1. The Hall–Kier alpha value is -1.59. The molecule has 0 amide bonds. The fourth-order valence-corrected chi connectivity index (χ4v) is 1.18. The van der Waals surface area contributed by atoms with Crippen molar-refractivity contribution in [3.8, 4) is 0 Å². The third kappa shape index (κ3) is 0.917. The number of hydrogen-bond donors (Lipinski definition) is 1. The van der Waals surface area contributed by atoms with Crippen LogP contribution in [0.1, 0.15) is 11.1 Å². The fourth-order valence-electron chi connectivity index (χ4n) is 1.18. The summed E-state index contributed by atoms with van der Waals surface area (Å²) in [6.07, 6.45) is 8.80. The van der Waals surface area contributed by atoms with Crippen LogP contribution in [-0.4, -0.2) is 0 Å². The van der Waals surface area contributed by atoms with Crippen LogP contribution in [0.15, 0.2) is 24.3 Å². The summed E-state index contributed by atoms with van der Waals surface area (Å²) in [5.41, 5.74) is 8.80. The van der Waals surface area contributed by atoms with Gasteiger partial charge in [0, 0.05) is 6.08 Å². The Morgan fingerprint density at radius 1 is 1.27 bits per heavy atom. The highest BCUT2D eigenvalue weighted by molar-refractivity contribution is 5.77. The molecule has 1 aromatic rings. The second-order valence-electron chi connectivity index (χ2n) is 2.49. The van der Waals surface area contributed by atoms with Crippen LogP contribution in [0.4, 0.5) is 5.69 Å². The van der Waals surface area contributed by atoms with Crippen molar-refractivity contribution in [2.75, 3.05) is 5.73 Å². The Kier molecular flexibility index (Phi) is 1.24. The first-order valence-electron chi connectivity index (χ1n) is 3.52. The molecule has 1 aliphatic rings. The molecule has 0 aromatic heterocycles. The lowest BCUT2D eigenvalue weighted by Crippen LogP contribution is -1.92. The smallest absolute Gasteiger partial charge is 0.116 e. The third-order valence-corrected chi connectivity index (χ3v) is 1.76.